The molecule has 0 radical (unpaired) electrons. The van der Waals surface area contributed by atoms with E-state index in [1.54, 1.807) is 0 Å². The number of nitrogens with one attached hydrogen (secondary N) is 1. The summed E-state index contributed by atoms with van der Waals surface area (Å²) < 4.78 is 0. The van der Waals surface area contributed by atoms with E-state index in [4.69, 9.17) is 5.73 Å². The molecule has 1 saturated carbocycles. The van der Waals surface area contributed by atoms with Crippen molar-refractivity contribution in [3.05, 3.63) is 35.4 Å². The average Bonchev–Trinajstić information content (AvgIpc) is 2.82. The van der Waals surface area contributed by atoms with Crippen LogP contribution in [0.15, 0.2) is 24.3 Å². The Hall–Kier alpha value is -0.860. The van der Waals surface area contributed by atoms with Crippen LogP contribution in [0.1, 0.15) is 17.5 Å². The van der Waals surface area contributed by atoms with E-state index < -0.39 is 0 Å². The first-order valence-electron chi connectivity index (χ1n) is 5.35. The fraction of sp³-hybridized carbons (Fsp3) is 0.500. The molecule has 14 heavy (non-hydrogen) atoms. The zero-order valence-corrected chi connectivity index (χ0v) is 8.29. The van der Waals surface area contributed by atoms with Crippen molar-refractivity contribution in [1.82, 2.24) is 5.32 Å². The van der Waals surface area contributed by atoms with E-state index in [9.17, 15) is 0 Å². The lowest BCUT2D eigenvalue weighted by molar-refractivity contribution is 0.675. The lowest BCUT2D eigenvalue weighted by Gasteiger charge is -2.12. The number of rotatable bonds is 2. The molecule has 74 valence electrons. The van der Waals surface area contributed by atoms with Crippen LogP contribution in [0.3, 0.4) is 0 Å². The van der Waals surface area contributed by atoms with Crippen molar-refractivity contribution in [2.24, 2.45) is 11.7 Å². The highest BCUT2D eigenvalue weighted by atomic mass is 15.0. The highest BCUT2D eigenvalue weighted by molar-refractivity contribution is 5.38. The zero-order valence-electron chi connectivity index (χ0n) is 8.29. The molecule has 0 aromatic heterocycles. The average molecular weight is 188 g/mol. The molecule has 2 fully saturated rings. The second-order valence-corrected chi connectivity index (χ2v) is 4.59. The van der Waals surface area contributed by atoms with Gasteiger partial charge in [0.15, 0.2) is 0 Å². The quantitative estimate of drug-likeness (QED) is 0.727. The van der Waals surface area contributed by atoms with Crippen molar-refractivity contribution in [3.63, 3.8) is 0 Å². The molecule has 2 aliphatic rings. The molecule has 0 bridgehead atoms. The van der Waals surface area contributed by atoms with Crippen LogP contribution < -0.4 is 11.1 Å². The molecule has 1 aliphatic heterocycles. The lowest BCUT2D eigenvalue weighted by Crippen LogP contribution is -2.19. The van der Waals surface area contributed by atoms with Crippen LogP contribution in [0.4, 0.5) is 0 Å². The number of piperidine rings is 1. The van der Waals surface area contributed by atoms with Gasteiger partial charge < -0.3 is 11.1 Å². The van der Waals surface area contributed by atoms with E-state index in [0.29, 0.717) is 12.0 Å². The fourth-order valence-corrected chi connectivity index (χ4v) is 2.76. The molecule has 2 nitrogen and oxygen atoms in total. The van der Waals surface area contributed by atoms with Crippen LogP contribution >= 0.6 is 0 Å². The van der Waals surface area contributed by atoms with Crippen LogP contribution in [0.2, 0.25) is 0 Å². The Morgan fingerprint density at radius 2 is 2.14 bits per heavy atom. The van der Waals surface area contributed by atoms with Crippen molar-refractivity contribution in [3.8, 4) is 0 Å². The highest BCUT2D eigenvalue weighted by Gasteiger charge is 2.57. The largest absolute Gasteiger partial charge is 0.326 e. The van der Waals surface area contributed by atoms with Gasteiger partial charge in [-0.3, -0.25) is 0 Å². The van der Waals surface area contributed by atoms with Crippen LogP contribution in [0.5, 0.6) is 0 Å². The minimum atomic E-state index is 0.493. The van der Waals surface area contributed by atoms with Gasteiger partial charge in [-0.05, 0) is 30.0 Å². The third-order valence-corrected chi connectivity index (χ3v) is 3.83. The molecule has 2 unspecified atom stereocenters. The van der Waals surface area contributed by atoms with Gasteiger partial charge in [-0.2, -0.15) is 0 Å². The summed E-state index contributed by atoms with van der Waals surface area (Å²) >= 11 is 0. The Bertz CT molecular complexity index is 344. The van der Waals surface area contributed by atoms with Gasteiger partial charge >= 0.3 is 0 Å². The standard InChI is InChI=1S/C12H16N2/c13-6-9-1-3-10(4-2-9)12-5-11(12)7-14-8-12/h1-4,11,14H,5-8,13H2. The Kier molecular flexibility index (Phi) is 1.70. The van der Waals surface area contributed by atoms with E-state index in [-0.39, 0.29) is 0 Å². The Labute approximate surface area is 84.5 Å². The fourth-order valence-electron chi connectivity index (χ4n) is 2.76. The Morgan fingerprint density at radius 1 is 1.36 bits per heavy atom. The van der Waals surface area contributed by atoms with Crippen molar-refractivity contribution in [2.75, 3.05) is 13.1 Å². The van der Waals surface area contributed by atoms with E-state index in [2.05, 4.69) is 29.6 Å². The lowest BCUT2D eigenvalue weighted by atomic mass is 9.94. The molecule has 1 aliphatic carbocycles. The molecule has 1 aromatic rings. The van der Waals surface area contributed by atoms with Crippen molar-refractivity contribution >= 4 is 0 Å². The van der Waals surface area contributed by atoms with Crippen LogP contribution in [-0.2, 0) is 12.0 Å². The van der Waals surface area contributed by atoms with Crippen LogP contribution in [0.25, 0.3) is 0 Å². The number of hydrogen-bond donors (Lipinski definition) is 2. The van der Waals surface area contributed by atoms with Gasteiger partial charge in [-0.1, -0.05) is 24.3 Å². The molecular formula is C12H16N2. The molecule has 1 saturated heterocycles. The first kappa shape index (κ1) is 8.45. The first-order chi connectivity index (χ1) is 6.85. The third-order valence-electron chi connectivity index (χ3n) is 3.83. The zero-order chi connectivity index (χ0) is 9.60. The summed E-state index contributed by atoms with van der Waals surface area (Å²) in [6, 6.07) is 8.85. The topological polar surface area (TPSA) is 38.0 Å². The summed E-state index contributed by atoms with van der Waals surface area (Å²) in [6.07, 6.45) is 1.38. The minimum Gasteiger partial charge on any atom is -0.326 e. The van der Waals surface area contributed by atoms with Gasteiger partial charge in [0.2, 0.25) is 0 Å². The van der Waals surface area contributed by atoms with Gasteiger partial charge in [0, 0.05) is 18.5 Å². The normalized spacial score (nSPS) is 34.2. The highest BCUT2D eigenvalue weighted by Crippen LogP contribution is 2.56. The van der Waals surface area contributed by atoms with E-state index in [0.717, 1.165) is 5.92 Å². The number of hydrogen-bond acceptors (Lipinski definition) is 2. The van der Waals surface area contributed by atoms with Crippen LogP contribution in [0, 0.1) is 5.92 Å². The van der Waals surface area contributed by atoms with Crippen molar-refractivity contribution in [1.29, 1.82) is 0 Å². The first-order valence-corrected chi connectivity index (χ1v) is 5.35. The maximum Gasteiger partial charge on any atom is 0.0178 e. The molecule has 1 heterocycles. The second-order valence-electron chi connectivity index (χ2n) is 4.59. The van der Waals surface area contributed by atoms with Gasteiger partial charge in [-0.15, -0.1) is 0 Å². The molecular weight excluding hydrogens is 172 g/mol. The van der Waals surface area contributed by atoms with Crippen molar-refractivity contribution < 1.29 is 0 Å². The molecule has 2 heteroatoms. The van der Waals surface area contributed by atoms with Gasteiger partial charge in [0.25, 0.3) is 0 Å². The predicted molar refractivity (Wildman–Crippen MR) is 57.0 cm³/mol. The summed E-state index contributed by atoms with van der Waals surface area (Å²) in [4.78, 5) is 0. The molecule has 0 amide bonds. The molecule has 2 atom stereocenters. The summed E-state index contributed by atoms with van der Waals surface area (Å²) in [5, 5.41) is 3.46. The smallest absolute Gasteiger partial charge is 0.0178 e. The monoisotopic (exact) mass is 188 g/mol. The second kappa shape index (κ2) is 2.81. The summed E-state index contributed by atoms with van der Waals surface area (Å²) in [5.74, 6) is 0.895. The van der Waals surface area contributed by atoms with E-state index in [1.165, 1.54) is 30.6 Å². The predicted octanol–water partition coefficient (Wildman–Crippen LogP) is 1.01. The molecule has 1 aromatic carbocycles. The van der Waals surface area contributed by atoms with Crippen LogP contribution in [-0.4, -0.2) is 13.1 Å². The summed E-state index contributed by atoms with van der Waals surface area (Å²) in [6.45, 7) is 3.02. The van der Waals surface area contributed by atoms with Crippen molar-refractivity contribution in [2.45, 2.75) is 18.4 Å². The SMILES string of the molecule is NCc1ccc(C23CNCC2C3)cc1. The van der Waals surface area contributed by atoms with Gasteiger partial charge in [0.1, 0.15) is 0 Å². The maximum absolute atomic E-state index is 5.58. The molecule has 0 spiro atoms. The van der Waals surface area contributed by atoms with Gasteiger partial charge in [-0.25, -0.2) is 0 Å². The number of benzene rings is 1. The molecule has 3 rings (SSSR count). The number of nitrogens with two attached hydrogens (primary N) is 1. The Balaban J connectivity index is 1.90. The molecule has 3 N–H and O–H groups in total. The van der Waals surface area contributed by atoms with E-state index >= 15 is 0 Å². The third kappa shape index (κ3) is 1.04. The summed E-state index contributed by atoms with van der Waals surface area (Å²) in [5.41, 5.74) is 8.81. The number of fused-ring (bicyclic) bond motifs is 1. The minimum absolute atomic E-state index is 0.493. The maximum atomic E-state index is 5.58. The Morgan fingerprint density at radius 3 is 2.64 bits per heavy atom. The van der Waals surface area contributed by atoms with Gasteiger partial charge in [0.05, 0.1) is 0 Å². The summed E-state index contributed by atoms with van der Waals surface area (Å²) in [7, 11) is 0. The van der Waals surface area contributed by atoms with E-state index in [1.807, 2.05) is 0 Å².